The topological polar surface area (TPSA) is 59.2 Å². The summed E-state index contributed by atoms with van der Waals surface area (Å²) in [7, 11) is 1.82. The van der Waals surface area contributed by atoms with Crippen LogP contribution in [0.15, 0.2) is 12.3 Å². The molecule has 0 aliphatic heterocycles. The van der Waals surface area contributed by atoms with Gasteiger partial charge in [0.25, 0.3) is 5.91 Å². The lowest BCUT2D eigenvalue weighted by atomic mass is 10.2. The smallest absolute Gasteiger partial charge is 0.257 e. The SMILES string of the molecule is Cc1cc(N)c(C(=O)N(C)C2CC2)cn1. The van der Waals surface area contributed by atoms with Gasteiger partial charge in [-0.25, -0.2) is 0 Å². The van der Waals surface area contributed by atoms with Gasteiger partial charge < -0.3 is 10.6 Å². The molecule has 0 unspecified atom stereocenters. The molecule has 1 fully saturated rings. The van der Waals surface area contributed by atoms with Crippen LogP contribution < -0.4 is 5.73 Å². The van der Waals surface area contributed by atoms with Crippen LogP contribution in [0.2, 0.25) is 0 Å². The van der Waals surface area contributed by atoms with Gasteiger partial charge in [-0.05, 0) is 25.8 Å². The average molecular weight is 205 g/mol. The maximum Gasteiger partial charge on any atom is 0.257 e. The van der Waals surface area contributed by atoms with Crippen LogP contribution in [-0.4, -0.2) is 28.9 Å². The van der Waals surface area contributed by atoms with E-state index in [2.05, 4.69) is 4.98 Å². The summed E-state index contributed by atoms with van der Waals surface area (Å²) < 4.78 is 0. The van der Waals surface area contributed by atoms with Gasteiger partial charge in [-0.1, -0.05) is 0 Å². The Morgan fingerprint density at radius 2 is 2.27 bits per heavy atom. The normalized spacial score (nSPS) is 15.1. The molecule has 2 N–H and O–H groups in total. The van der Waals surface area contributed by atoms with Gasteiger partial charge in [0.2, 0.25) is 0 Å². The van der Waals surface area contributed by atoms with Crippen LogP contribution in [0.5, 0.6) is 0 Å². The summed E-state index contributed by atoms with van der Waals surface area (Å²) in [6, 6.07) is 2.13. The Bertz CT molecular complexity index is 399. The van der Waals surface area contributed by atoms with E-state index >= 15 is 0 Å². The van der Waals surface area contributed by atoms with Gasteiger partial charge in [0.1, 0.15) is 0 Å². The highest BCUT2D eigenvalue weighted by Crippen LogP contribution is 2.27. The zero-order valence-electron chi connectivity index (χ0n) is 9.03. The van der Waals surface area contributed by atoms with E-state index in [0.29, 0.717) is 17.3 Å². The van der Waals surface area contributed by atoms with Gasteiger partial charge in [0.15, 0.2) is 0 Å². The van der Waals surface area contributed by atoms with Crippen molar-refractivity contribution in [2.45, 2.75) is 25.8 Å². The third kappa shape index (κ3) is 1.93. The number of hydrogen-bond donors (Lipinski definition) is 1. The van der Waals surface area contributed by atoms with Gasteiger partial charge in [0, 0.05) is 30.7 Å². The molecule has 80 valence electrons. The highest BCUT2D eigenvalue weighted by Gasteiger charge is 2.30. The van der Waals surface area contributed by atoms with Gasteiger partial charge in [-0.2, -0.15) is 0 Å². The van der Waals surface area contributed by atoms with E-state index in [1.165, 1.54) is 0 Å². The van der Waals surface area contributed by atoms with Gasteiger partial charge in [-0.3, -0.25) is 9.78 Å². The first kappa shape index (κ1) is 9.96. The summed E-state index contributed by atoms with van der Waals surface area (Å²) in [6.07, 6.45) is 3.76. The fourth-order valence-corrected chi connectivity index (χ4v) is 1.58. The maximum atomic E-state index is 12.0. The number of nitrogens with two attached hydrogens (primary N) is 1. The lowest BCUT2D eigenvalue weighted by Crippen LogP contribution is -2.29. The Labute approximate surface area is 89.1 Å². The molecule has 1 aromatic heterocycles. The van der Waals surface area contributed by atoms with Crippen molar-refractivity contribution < 1.29 is 4.79 Å². The van der Waals surface area contributed by atoms with Gasteiger partial charge in [-0.15, -0.1) is 0 Å². The molecular weight excluding hydrogens is 190 g/mol. The molecule has 0 bridgehead atoms. The summed E-state index contributed by atoms with van der Waals surface area (Å²) in [5.74, 6) is -0.0255. The molecule has 1 heterocycles. The minimum Gasteiger partial charge on any atom is -0.398 e. The van der Waals surface area contributed by atoms with Crippen molar-refractivity contribution in [3.05, 3.63) is 23.5 Å². The number of aryl methyl sites for hydroxylation is 1. The van der Waals surface area contributed by atoms with E-state index in [-0.39, 0.29) is 5.91 Å². The van der Waals surface area contributed by atoms with E-state index in [1.54, 1.807) is 17.2 Å². The quantitative estimate of drug-likeness (QED) is 0.789. The largest absolute Gasteiger partial charge is 0.398 e. The van der Waals surface area contributed by atoms with Crippen LogP contribution in [-0.2, 0) is 0 Å². The number of nitrogen functional groups attached to an aromatic ring is 1. The van der Waals surface area contributed by atoms with Crippen LogP contribution in [0.3, 0.4) is 0 Å². The summed E-state index contributed by atoms with van der Waals surface area (Å²) >= 11 is 0. The second-order valence-electron chi connectivity index (χ2n) is 4.06. The summed E-state index contributed by atoms with van der Waals surface area (Å²) in [4.78, 5) is 17.8. The monoisotopic (exact) mass is 205 g/mol. The highest BCUT2D eigenvalue weighted by molar-refractivity contribution is 5.99. The van der Waals surface area contributed by atoms with Crippen LogP contribution in [0, 0.1) is 6.92 Å². The zero-order chi connectivity index (χ0) is 11.0. The molecule has 4 heteroatoms. The number of carbonyl (C=O) groups excluding carboxylic acids is 1. The number of pyridine rings is 1. The molecule has 1 saturated carbocycles. The Kier molecular flexibility index (Phi) is 2.34. The first-order chi connectivity index (χ1) is 7.09. The van der Waals surface area contributed by atoms with Crippen molar-refractivity contribution in [3.63, 3.8) is 0 Å². The predicted molar refractivity (Wildman–Crippen MR) is 58.5 cm³/mol. The number of nitrogens with zero attached hydrogens (tertiary/aromatic N) is 2. The Balaban J connectivity index is 2.24. The first-order valence-corrected chi connectivity index (χ1v) is 5.09. The van der Waals surface area contributed by atoms with E-state index < -0.39 is 0 Å². The summed E-state index contributed by atoms with van der Waals surface area (Å²) in [6.45, 7) is 1.86. The number of hydrogen-bond acceptors (Lipinski definition) is 3. The van der Waals surface area contributed by atoms with Crippen molar-refractivity contribution >= 4 is 11.6 Å². The minimum atomic E-state index is -0.0255. The van der Waals surface area contributed by atoms with Gasteiger partial charge in [0.05, 0.1) is 5.56 Å². The molecule has 0 atom stereocenters. The molecule has 0 aromatic carbocycles. The van der Waals surface area contributed by atoms with E-state index in [1.807, 2.05) is 14.0 Å². The van der Waals surface area contributed by atoms with Crippen LogP contribution in [0.1, 0.15) is 28.9 Å². The molecule has 0 saturated heterocycles. The molecular formula is C11H15N3O. The van der Waals surface area contributed by atoms with E-state index in [4.69, 9.17) is 5.73 Å². The number of aromatic nitrogens is 1. The van der Waals surface area contributed by atoms with Crippen molar-refractivity contribution in [3.8, 4) is 0 Å². The van der Waals surface area contributed by atoms with Crippen molar-refractivity contribution in [2.24, 2.45) is 0 Å². The minimum absolute atomic E-state index is 0.0255. The molecule has 4 nitrogen and oxygen atoms in total. The van der Waals surface area contributed by atoms with Gasteiger partial charge >= 0.3 is 0 Å². The zero-order valence-corrected chi connectivity index (χ0v) is 9.03. The van der Waals surface area contributed by atoms with Crippen molar-refractivity contribution in [2.75, 3.05) is 12.8 Å². The number of rotatable bonds is 2. The van der Waals surface area contributed by atoms with E-state index in [9.17, 15) is 4.79 Å². The second-order valence-corrected chi connectivity index (χ2v) is 4.06. The lowest BCUT2D eigenvalue weighted by molar-refractivity contribution is 0.0785. The predicted octanol–water partition coefficient (Wildman–Crippen LogP) is 1.21. The van der Waals surface area contributed by atoms with Crippen molar-refractivity contribution in [1.29, 1.82) is 0 Å². The van der Waals surface area contributed by atoms with Crippen LogP contribution in [0.25, 0.3) is 0 Å². The Morgan fingerprint density at radius 3 is 2.80 bits per heavy atom. The van der Waals surface area contributed by atoms with Crippen molar-refractivity contribution in [1.82, 2.24) is 9.88 Å². The number of anilines is 1. The molecule has 1 aliphatic carbocycles. The lowest BCUT2D eigenvalue weighted by Gasteiger charge is -2.17. The molecule has 1 aliphatic rings. The average Bonchev–Trinajstić information content (AvgIpc) is 2.99. The third-order valence-corrected chi connectivity index (χ3v) is 2.72. The molecule has 2 rings (SSSR count). The summed E-state index contributed by atoms with van der Waals surface area (Å²) in [5, 5.41) is 0. The molecule has 0 spiro atoms. The fourth-order valence-electron chi connectivity index (χ4n) is 1.58. The Morgan fingerprint density at radius 1 is 1.60 bits per heavy atom. The maximum absolute atomic E-state index is 12.0. The molecule has 15 heavy (non-hydrogen) atoms. The molecule has 1 amide bonds. The molecule has 0 radical (unpaired) electrons. The number of amides is 1. The van der Waals surface area contributed by atoms with E-state index in [0.717, 1.165) is 18.5 Å². The summed E-state index contributed by atoms with van der Waals surface area (Å²) in [5.41, 5.74) is 7.65. The van der Waals surface area contributed by atoms with Crippen LogP contribution in [0.4, 0.5) is 5.69 Å². The molecule has 1 aromatic rings. The third-order valence-electron chi connectivity index (χ3n) is 2.72. The Hall–Kier alpha value is -1.58. The standard InChI is InChI=1S/C11H15N3O/c1-7-5-10(12)9(6-13-7)11(15)14(2)8-3-4-8/h5-6,8H,3-4H2,1-2H3,(H2,12,13). The fraction of sp³-hybridized carbons (Fsp3) is 0.455. The van der Waals surface area contributed by atoms with Crippen LogP contribution >= 0.6 is 0 Å². The number of carbonyl (C=O) groups is 1. The first-order valence-electron chi connectivity index (χ1n) is 5.09. The highest BCUT2D eigenvalue weighted by atomic mass is 16.2. The second kappa shape index (κ2) is 3.53.